The maximum atomic E-state index is 12.2. The molecular formula is C14H25N3OS. The number of rotatable bonds is 7. The molecule has 1 fully saturated rings. The van der Waals surface area contributed by atoms with E-state index >= 15 is 0 Å². The minimum absolute atomic E-state index is 0.0169. The number of hydrogen-bond donors (Lipinski definition) is 1. The maximum absolute atomic E-state index is 12.2. The van der Waals surface area contributed by atoms with Crippen molar-refractivity contribution < 1.29 is 4.79 Å². The highest BCUT2D eigenvalue weighted by molar-refractivity contribution is 7.98. The molecule has 1 saturated carbocycles. The van der Waals surface area contributed by atoms with E-state index in [4.69, 9.17) is 5.26 Å². The van der Waals surface area contributed by atoms with Gasteiger partial charge in [-0.05, 0) is 31.3 Å². The second-order valence-corrected chi connectivity index (χ2v) is 5.96. The van der Waals surface area contributed by atoms with Crippen molar-refractivity contribution in [2.45, 2.75) is 51.0 Å². The van der Waals surface area contributed by atoms with E-state index in [1.165, 1.54) is 19.3 Å². The Morgan fingerprint density at radius 3 is 2.79 bits per heavy atom. The standard InChI is InChI=1S/C14H25N3OS/c1-19-12-6-10-16-14(18)17(11-5-9-15)13-7-3-2-4-8-13/h13H,2-8,10-12H2,1H3,(H,16,18). The molecule has 0 bridgehead atoms. The van der Waals surface area contributed by atoms with Gasteiger partial charge in [-0.3, -0.25) is 0 Å². The second-order valence-electron chi connectivity index (χ2n) is 4.97. The molecule has 0 unspecified atom stereocenters. The Balaban J connectivity index is 2.42. The van der Waals surface area contributed by atoms with Gasteiger partial charge in [0.1, 0.15) is 0 Å². The van der Waals surface area contributed by atoms with Crippen molar-refractivity contribution in [1.82, 2.24) is 10.2 Å². The summed E-state index contributed by atoms with van der Waals surface area (Å²) < 4.78 is 0. The van der Waals surface area contributed by atoms with Gasteiger partial charge in [0.15, 0.2) is 0 Å². The molecule has 0 aliphatic heterocycles. The molecule has 1 aliphatic rings. The smallest absolute Gasteiger partial charge is 0.317 e. The minimum Gasteiger partial charge on any atom is -0.338 e. The van der Waals surface area contributed by atoms with E-state index in [1.807, 2.05) is 4.90 Å². The summed E-state index contributed by atoms with van der Waals surface area (Å²) in [6, 6.07) is 2.50. The lowest BCUT2D eigenvalue weighted by atomic mass is 9.94. The topological polar surface area (TPSA) is 56.1 Å². The van der Waals surface area contributed by atoms with Crippen LogP contribution in [0.15, 0.2) is 0 Å². The highest BCUT2D eigenvalue weighted by Crippen LogP contribution is 2.22. The molecule has 1 rings (SSSR count). The van der Waals surface area contributed by atoms with Gasteiger partial charge in [-0.15, -0.1) is 0 Å². The number of carbonyl (C=O) groups excluding carboxylic acids is 1. The van der Waals surface area contributed by atoms with Crippen LogP contribution in [0.25, 0.3) is 0 Å². The lowest BCUT2D eigenvalue weighted by molar-refractivity contribution is 0.157. The first-order valence-corrected chi connectivity index (χ1v) is 8.59. The fourth-order valence-electron chi connectivity index (χ4n) is 2.53. The van der Waals surface area contributed by atoms with E-state index in [0.29, 0.717) is 19.0 Å². The Morgan fingerprint density at radius 2 is 2.16 bits per heavy atom. The van der Waals surface area contributed by atoms with Crippen LogP contribution in [0.3, 0.4) is 0 Å². The predicted molar refractivity (Wildman–Crippen MR) is 80.2 cm³/mol. The molecular weight excluding hydrogens is 258 g/mol. The Bertz CT molecular complexity index is 298. The van der Waals surface area contributed by atoms with E-state index in [9.17, 15) is 4.79 Å². The number of nitrogens with zero attached hydrogens (tertiary/aromatic N) is 2. The van der Waals surface area contributed by atoms with Gasteiger partial charge < -0.3 is 10.2 Å². The van der Waals surface area contributed by atoms with E-state index in [0.717, 1.165) is 31.6 Å². The van der Waals surface area contributed by atoms with Crippen LogP contribution < -0.4 is 5.32 Å². The molecule has 108 valence electrons. The number of hydrogen-bond acceptors (Lipinski definition) is 3. The van der Waals surface area contributed by atoms with E-state index < -0.39 is 0 Å². The normalized spacial score (nSPS) is 15.8. The number of thioether (sulfide) groups is 1. The van der Waals surface area contributed by atoms with Crippen LogP contribution in [-0.4, -0.2) is 42.1 Å². The van der Waals surface area contributed by atoms with Crippen LogP contribution >= 0.6 is 11.8 Å². The van der Waals surface area contributed by atoms with E-state index in [1.54, 1.807) is 11.8 Å². The molecule has 0 atom stereocenters. The largest absolute Gasteiger partial charge is 0.338 e. The molecule has 0 spiro atoms. The molecule has 5 heteroatoms. The molecule has 1 aliphatic carbocycles. The Hall–Kier alpha value is -0.890. The second kappa shape index (κ2) is 9.96. The first kappa shape index (κ1) is 16.2. The van der Waals surface area contributed by atoms with Crippen LogP contribution in [-0.2, 0) is 0 Å². The fraction of sp³-hybridized carbons (Fsp3) is 0.857. The molecule has 4 nitrogen and oxygen atoms in total. The van der Waals surface area contributed by atoms with Crippen molar-refractivity contribution >= 4 is 17.8 Å². The van der Waals surface area contributed by atoms with Crippen LogP contribution in [0, 0.1) is 11.3 Å². The first-order chi connectivity index (χ1) is 9.29. The number of amides is 2. The van der Waals surface area contributed by atoms with Gasteiger partial charge in [0.2, 0.25) is 0 Å². The van der Waals surface area contributed by atoms with Gasteiger partial charge in [0, 0.05) is 19.1 Å². The SMILES string of the molecule is CSCCCNC(=O)N(CCC#N)C1CCCCC1. The summed E-state index contributed by atoms with van der Waals surface area (Å²) in [6.45, 7) is 1.30. The van der Waals surface area contributed by atoms with Crippen molar-refractivity contribution in [2.24, 2.45) is 0 Å². The number of nitrogens with one attached hydrogen (secondary N) is 1. The molecule has 0 aromatic rings. The van der Waals surface area contributed by atoms with Gasteiger partial charge in [0.25, 0.3) is 0 Å². The Labute approximate surface area is 120 Å². The summed E-state index contributed by atoms with van der Waals surface area (Å²) in [6.07, 6.45) is 9.35. The summed E-state index contributed by atoms with van der Waals surface area (Å²) in [5, 5.41) is 11.7. The van der Waals surface area contributed by atoms with Gasteiger partial charge in [0.05, 0.1) is 12.5 Å². The van der Waals surface area contributed by atoms with Crippen molar-refractivity contribution in [3.8, 4) is 6.07 Å². The van der Waals surface area contributed by atoms with E-state index in [2.05, 4.69) is 17.6 Å². The highest BCUT2D eigenvalue weighted by atomic mass is 32.2. The average molecular weight is 283 g/mol. The Morgan fingerprint density at radius 1 is 1.42 bits per heavy atom. The molecule has 1 N–H and O–H groups in total. The van der Waals surface area contributed by atoms with Crippen molar-refractivity contribution in [3.63, 3.8) is 0 Å². The predicted octanol–water partition coefficient (Wildman–Crippen LogP) is 3.00. The van der Waals surface area contributed by atoms with Gasteiger partial charge >= 0.3 is 6.03 Å². The fourth-order valence-corrected chi connectivity index (χ4v) is 2.96. The van der Waals surface area contributed by atoms with Gasteiger partial charge in [-0.1, -0.05) is 19.3 Å². The summed E-state index contributed by atoms with van der Waals surface area (Å²) >= 11 is 1.80. The zero-order chi connectivity index (χ0) is 13.9. The monoisotopic (exact) mass is 283 g/mol. The Kier molecular flexibility index (Phi) is 8.48. The number of urea groups is 1. The maximum Gasteiger partial charge on any atom is 0.317 e. The third-order valence-electron chi connectivity index (χ3n) is 3.54. The van der Waals surface area contributed by atoms with Crippen LogP contribution in [0.4, 0.5) is 4.79 Å². The third-order valence-corrected chi connectivity index (χ3v) is 4.24. The lowest BCUT2D eigenvalue weighted by Crippen LogP contribution is -2.47. The minimum atomic E-state index is 0.0169. The number of carbonyl (C=O) groups is 1. The molecule has 0 aromatic heterocycles. The van der Waals surface area contributed by atoms with E-state index in [-0.39, 0.29) is 6.03 Å². The molecule has 0 saturated heterocycles. The van der Waals surface area contributed by atoms with Gasteiger partial charge in [-0.2, -0.15) is 17.0 Å². The molecule has 2 amide bonds. The van der Waals surface area contributed by atoms with Crippen molar-refractivity contribution in [1.29, 1.82) is 5.26 Å². The first-order valence-electron chi connectivity index (χ1n) is 7.20. The molecule has 0 aromatic carbocycles. The van der Waals surface area contributed by atoms with Crippen LogP contribution in [0.1, 0.15) is 44.9 Å². The highest BCUT2D eigenvalue weighted by Gasteiger charge is 2.24. The molecule has 0 radical (unpaired) electrons. The molecule has 0 heterocycles. The van der Waals surface area contributed by atoms with Crippen LogP contribution in [0.5, 0.6) is 0 Å². The van der Waals surface area contributed by atoms with Crippen LogP contribution in [0.2, 0.25) is 0 Å². The zero-order valence-electron chi connectivity index (χ0n) is 11.9. The summed E-state index contributed by atoms with van der Waals surface area (Å²) in [5.74, 6) is 1.07. The lowest BCUT2D eigenvalue weighted by Gasteiger charge is -2.34. The zero-order valence-corrected chi connectivity index (χ0v) is 12.7. The van der Waals surface area contributed by atoms with Crippen molar-refractivity contribution in [3.05, 3.63) is 0 Å². The average Bonchev–Trinajstić information content (AvgIpc) is 2.45. The summed E-state index contributed by atoms with van der Waals surface area (Å²) in [5.41, 5.74) is 0. The quantitative estimate of drug-likeness (QED) is 0.731. The number of nitriles is 1. The van der Waals surface area contributed by atoms with Gasteiger partial charge in [-0.25, -0.2) is 4.79 Å². The summed E-state index contributed by atoms with van der Waals surface area (Å²) in [7, 11) is 0. The third kappa shape index (κ3) is 6.20. The molecule has 19 heavy (non-hydrogen) atoms. The van der Waals surface area contributed by atoms with Crippen molar-refractivity contribution in [2.75, 3.05) is 25.1 Å². The summed E-state index contributed by atoms with van der Waals surface area (Å²) in [4.78, 5) is 14.1.